The Labute approximate surface area is 224 Å². The number of nitriles is 1. The molecule has 4 heterocycles. The maximum absolute atomic E-state index is 14.4. The molecule has 4 rings (SSSR count). The van der Waals surface area contributed by atoms with Crippen molar-refractivity contribution in [2.45, 2.75) is 37.4 Å². The maximum atomic E-state index is 14.4. The van der Waals surface area contributed by atoms with Gasteiger partial charge in [-0.05, 0) is 18.2 Å². The largest absolute Gasteiger partial charge is 0.476 e. The summed E-state index contributed by atoms with van der Waals surface area (Å²) in [4.78, 5) is 33.5. The summed E-state index contributed by atoms with van der Waals surface area (Å²) in [7, 11) is 0. The normalized spacial score (nSPS) is 16.1. The Hall–Kier alpha value is -4.13. The van der Waals surface area contributed by atoms with E-state index in [4.69, 9.17) is 11.6 Å². The number of hydrogen-bond donors (Lipinski definition) is 2. The first-order valence-corrected chi connectivity index (χ1v) is 11.7. The van der Waals surface area contributed by atoms with Crippen molar-refractivity contribution in [3.63, 3.8) is 0 Å². The van der Waals surface area contributed by atoms with Gasteiger partial charge in [-0.1, -0.05) is 11.6 Å². The predicted octanol–water partition coefficient (Wildman–Crippen LogP) is 4.99. The number of aromatic carboxylic acids is 1. The van der Waals surface area contributed by atoms with Gasteiger partial charge in [0.05, 0.1) is 11.3 Å². The number of fused-ring (bicyclic) bond motifs is 1. The Bertz CT molecular complexity index is 1580. The van der Waals surface area contributed by atoms with Gasteiger partial charge in [0.1, 0.15) is 22.9 Å². The number of aromatic nitrogens is 3. The Morgan fingerprint density at radius 3 is 2.40 bits per heavy atom. The van der Waals surface area contributed by atoms with Crippen molar-refractivity contribution in [1.29, 1.82) is 5.26 Å². The Morgan fingerprint density at radius 1 is 1.20 bits per heavy atom. The molecule has 1 unspecified atom stereocenters. The number of piperidine rings is 1. The molecule has 1 aliphatic rings. The lowest BCUT2D eigenvalue weighted by Crippen LogP contribution is -2.41. The van der Waals surface area contributed by atoms with Gasteiger partial charge in [-0.2, -0.15) is 18.4 Å². The average molecular weight is 593 g/mol. The van der Waals surface area contributed by atoms with Gasteiger partial charge >= 0.3 is 12.1 Å². The summed E-state index contributed by atoms with van der Waals surface area (Å²) < 4.78 is 97.9. The van der Waals surface area contributed by atoms with E-state index < -0.39 is 88.5 Å². The topological polar surface area (TPSA) is 124 Å². The van der Waals surface area contributed by atoms with E-state index in [-0.39, 0.29) is 28.8 Å². The molecule has 0 aromatic carbocycles. The molecule has 0 bridgehead atoms. The molecular weight excluding hydrogens is 577 g/mol. The van der Waals surface area contributed by atoms with Crippen LogP contribution in [0.4, 0.5) is 42.2 Å². The van der Waals surface area contributed by atoms with E-state index in [1.165, 1.54) is 6.07 Å². The van der Waals surface area contributed by atoms with Crippen molar-refractivity contribution in [2.24, 2.45) is 0 Å². The highest BCUT2D eigenvalue weighted by Gasteiger charge is 2.38. The van der Waals surface area contributed by atoms with Crippen LogP contribution in [0.3, 0.4) is 0 Å². The van der Waals surface area contributed by atoms with Crippen LogP contribution in [0, 0.1) is 11.3 Å². The number of pyridine rings is 2. The zero-order chi connectivity index (χ0) is 29.6. The van der Waals surface area contributed by atoms with Crippen LogP contribution in [0.1, 0.15) is 46.1 Å². The summed E-state index contributed by atoms with van der Waals surface area (Å²) in [5.74, 6) is -5.19. The average Bonchev–Trinajstić information content (AvgIpc) is 2.86. The zero-order valence-corrected chi connectivity index (χ0v) is 20.6. The lowest BCUT2D eigenvalue weighted by atomic mass is 10.0. The van der Waals surface area contributed by atoms with E-state index >= 15 is 0 Å². The molecule has 212 valence electrons. The lowest BCUT2D eigenvalue weighted by molar-refractivity contribution is -0.138. The number of carboxylic acids is 1. The fraction of sp³-hybridized carbons (Fsp3) is 0.348. The number of halogens is 8. The molecule has 1 atom stereocenters. The van der Waals surface area contributed by atoms with Gasteiger partial charge in [-0.15, -0.1) is 0 Å². The van der Waals surface area contributed by atoms with Gasteiger partial charge in [-0.25, -0.2) is 32.3 Å². The lowest BCUT2D eigenvalue weighted by Gasteiger charge is -2.33. The monoisotopic (exact) mass is 592 g/mol. The number of carbonyl (C=O) groups is 1. The summed E-state index contributed by atoms with van der Waals surface area (Å²) in [5, 5.41) is 20.8. The molecule has 17 heteroatoms. The third-order valence-corrected chi connectivity index (χ3v) is 6.34. The fourth-order valence-electron chi connectivity index (χ4n) is 4.17. The zero-order valence-electron chi connectivity index (χ0n) is 19.8. The quantitative estimate of drug-likeness (QED) is 0.303. The van der Waals surface area contributed by atoms with Crippen molar-refractivity contribution in [3.05, 3.63) is 62.3 Å². The van der Waals surface area contributed by atoms with Crippen molar-refractivity contribution < 1.29 is 40.6 Å². The second kappa shape index (κ2) is 10.5. The van der Waals surface area contributed by atoms with Crippen molar-refractivity contribution in [2.75, 3.05) is 23.3 Å². The van der Waals surface area contributed by atoms with E-state index in [0.29, 0.717) is 6.07 Å². The van der Waals surface area contributed by atoms with Crippen LogP contribution in [0.2, 0.25) is 5.15 Å². The van der Waals surface area contributed by atoms with Gasteiger partial charge in [0.15, 0.2) is 17.1 Å². The molecule has 1 aliphatic heterocycles. The molecule has 2 N–H and O–H groups in total. The van der Waals surface area contributed by atoms with E-state index in [0.717, 1.165) is 17.0 Å². The molecule has 0 spiro atoms. The molecule has 9 nitrogen and oxygen atoms in total. The fourth-order valence-corrected chi connectivity index (χ4v) is 4.32. The van der Waals surface area contributed by atoms with Crippen LogP contribution in [0.5, 0.6) is 0 Å². The van der Waals surface area contributed by atoms with Crippen molar-refractivity contribution >= 4 is 34.7 Å². The standard InChI is InChI=1S/C23H16ClF7N6O3/c24-14-2-1-13(16(34-14)21(39)40)33-15(17(25)26)11-7-10(23(29,30)31)9-37-19(11)35-18(12(8-32)20(37)38)36-5-3-22(27,28)4-6-36/h1-2,7,9,15,17,33H,3-6H2,(H,39,40). The van der Waals surface area contributed by atoms with Crippen LogP contribution < -0.4 is 15.8 Å². The number of anilines is 2. The Balaban J connectivity index is 1.99. The summed E-state index contributed by atoms with van der Waals surface area (Å²) in [6.45, 7) is -0.760. The minimum atomic E-state index is -5.15. The number of rotatable bonds is 6. The Kier molecular flexibility index (Phi) is 7.54. The molecule has 3 aromatic rings. The van der Waals surface area contributed by atoms with Crippen molar-refractivity contribution in [1.82, 2.24) is 14.4 Å². The molecule has 1 saturated heterocycles. The summed E-state index contributed by atoms with van der Waals surface area (Å²) in [6.07, 6.45) is -9.73. The molecular formula is C23H16ClF7N6O3. The molecule has 40 heavy (non-hydrogen) atoms. The second-order valence-corrected chi connectivity index (χ2v) is 9.12. The first kappa shape index (κ1) is 28.9. The van der Waals surface area contributed by atoms with Gasteiger partial charge in [0.2, 0.25) is 0 Å². The number of alkyl halides is 7. The van der Waals surface area contributed by atoms with Crippen LogP contribution in [0.15, 0.2) is 29.2 Å². The van der Waals surface area contributed by atoms with Gasteiger partial charge in [-0.3, -0.25) is 9.20 Å². The third kappa shape index (κ3) is 5.60. The van der Waals surface area contributed by atoms with Crippen LogP contribution >= 0.6 is 11.6 Å². The first-order chi connectivity index (χ1) is 18.6. The van der Waals surface area contributed by atoms with E-state index in [1.54, 1.807) is 0 Å². The highest BCUT2D eigenvalue weighted by Crippen LogP contribution is 2.37. The van der Waals surface area contributed by atoms with Crippen LogP contribution in [0.25, 0.3) is 5.65 Å². The van der Waals surface area contributed by atoms with Crippen molar-refractivity contribution in [3.8, 4) is 6.07 Å². The first-order valence-electron chi connectivity index (χ1n) is 11.3. The highest BCUT2D eigenvalue weighted by molar-refractivity contribution is 6.29. The maximum Gasteiger partial charge on any atom is 0.417 e. The van der Waals surface area contributed by atoms with Gasteiger partial charge in [0.25, 0.3) is 17.9 Å². The summed E-state index contributed by atoms with van der Waals surface area (Å²) in [6, 6.07) is 1.44. The number of nitrogens with zero attached hydrogens (tertiary/aromatic N) is 5. The molecule has 1 fully saturated rings. The summed E-state index contributed by atoms with van der Waals surface area (Å²) >= 11 is 5.68. The molecule has 3 aromatic heterocycles. The number of hydrogen-bond acceptors (Lipinski definition) is 7. The molecule has 0 aliphatic carbocycles. The van der Waals surface area contributed by atoms with E-state index in [2.05, 4.69) is 15.3 Å². The minimum Gasteiger partial charge on any atom is -0.476 e. The van der Waals surface area contributed by atoms with E-state index in [1.807, 2.05) is 0 Å². The second-order valence-electron chi connectivity index (χ2n) is 8.74. The van der Waals surface area contributed by atoms with Crippen LogP contribution in [-0.2, 0) is 6.18 Å². The molecule has 0 radical (unpaired) electrons. The molecule has 0 amide bonds. The molecule has 0 saturated carbocycles. The van der Waals surface area contributed by atoms with Crippen LogP contribution in [-0.4, -0.2) is 50.9 Å². The van der Waals surface area contributed by atoms with E-state index in [9.17, 15) is 50.7 Å². The summed E-state index contributed by atoms with van der Waals surface area (Å²) in [5.41, 5.74) is -6.65. The predicted molar refractivity (Wildman–Crippen MR) is 126 cm³/mol. The Morgan fingerprint density at radius 2 is 1.85 bits per heavy atom. The smallest absolute Gasteiger partial charge is 0.417 e. The van der Waals surface area contributed by atoms with Gasteiger partial charge in [0, 0.05) is 37.7 Å². The van der Waals surface area contributed by atoms with Gasteiger partial charge < -0.3 is 15.3 Å². The number of nitrogens with one attached hydrogen (secondary N) is 1. The third-order valence-electron chi connectivity index (χ3n) is 6.13. The minimum absolute atomic E-state index is 0.272. The highest BCUT2D eigenvalue weighted by atomic mass is 35.5. The number of carboxylic acid groups (broad SMARTS) is 1. The SMILES string of the molecule is N#Cc1c(N2CCC(F)(F)CC2)nc2c(C(Nc3ccc(Cl)nc3C(=O)O)C(F)F)cc(C(F)(F)F)cn2c1=O.